The summed E-state index contributed by atoms with van der Waals surface area (Å²) < 4.78 is 2.28. The van der Waals surface area contributed by atoms with E-state index in [-0.39, 0.29) is 11.6 Å². The fourth-order valence-electron chi connectivity index (χ4n) is 4.08. The normalized spacial score (nSPS) is 17.6. The van der Waals surface area contributed by atoms with Gasteiger partial charge in [-0.3, -0.25) is 14.9 Å². The van der Waals surface area contributed by atoms with Crippen molar-refractivity contribution in [2.75, 3.05) is 0 Å². The third kappa shape index (κ3) is 4.62. The van der Waals surface area contributed by atoms with Crippen molar-refractivity contribution in [3.63, 3.8) is 0 Å². The van der Waals surface area contributed by atoms with E-state index in [9.17, 15) is 9.59 Å². The topological polar surface area (TPSA) is 63.1 Å². The predicted octanol–water partition coefficient (Wildman–Crippen LogP) is 5.49. The Kier molecular flexibility index (Phi) is 8.82. The van der Waals surface area contributed by atoms with Crippen LogP contribution in [0.2, 0.25) is 0 Å². The largest absolute Gasteiger partial charge is 0.350 e. The third-order valence-corrected chi connectivity index (χ3v) is 5.25. The van der Waals surface area contributed by atoms with Crippen molar-refractivity contribution >= 4 is 28.3 Å². The Morgan fingerprint density at radius 1 is 1.16 bits per heavy atom. The van der Waals surface area contributed by atoms with Gasteiger partial charge in [-0.2, -0.15) is 0 Å². The number of para-hydroxylation sites is 1. The van der Waals surface area contributed by atoms with Crippen molar-refractivity contribution in [3.05, 3.63) is 77.8 Å². The molecule has 2 N–H and O–H groups in total. The van der Waals surface area contributed by atoms with Crippen LogP contribution < -0.4 is 10.6 Å². The number of imide groups is 1. The lowest BCUT2D eigenvalue weighted by Gasteiger charge is -2.09. The summed E-state index contributed by atoms with van der Waals surface area (Å²) in [4.78, 5) is 25.4. The Morgan fingerprint density at radius 2 is 1.84 bits per heavy atom. The number of hydrogen-bond acceptors (Lipinski definition) is 3. The minimum atomic E-state index is -0.414. The first-order chi connectivity index (χ1) is 15.5. The highest BCUT2D eigenvalue weighted by Crippen LogP contribution is 2.39. The molecule has 1 unspecified atom stereocenters. The zero-order valence-corrected chi connectivity index (χ0v) is 20.1. The molecular weight excluding hydrogens is 398 g/mol. The number of nitrogens with zero attached hydrogens (tertiary/aromatic N) is 1. The SMILES string of the molecule is C=C/C(=C\C=C/C)NC1=C(c2c3n(c4ccccc24)CC(C)C3)C(=O)NC1=O.CC.CC. The van der Waals surface area contributed by atoms with Gasteiger partial charge in [-0.15, -0.1) is 0 Å². The fourth-order valence-corrected chi connectivity index (χ4v) is 4.08. The average Bonchev–Trinajstić information content (AvgIpc) is 3.42. The highest BCUT2D eigenvalue weighted by molar-refractivity contribution is 6.37. The lowest BCUT2D eigenvalue weighted by atomic mass is 9.97. The first-order valence-electron chi connectivity index (χ1n) is 11.5. The maximum atomic E-state index is 12.8. The van der Waals surface area contributed by atoms with E-state index in [1.165, 1.54) is 0 Å². The number of benzene rings is 1. The Morgan fingerprint density at radius 3 is 2.50 bits per heavy atom. The molecule has 1 aromatic carbocycles. The van der Waals surface area contributed by atoms with Crippen LogP contribution in [0, 0.1) is 5.92 Å². The zero-order chi connectivity index (χ0) is 23.8. The van der Waals surface area contributed by atoms with Crippen LogP contribution in [-0.4, -0.2) is 16.4 Å². The van der Waals surface area contributed by atoms with Crippen LogP contribution >= 0.6 is 0 Å². The van der Waals surface area contributed by atoms with Crippen LogP contribution in [0.5, 0.6) is 0 Å². The second-order valence-electron chi connectivity index (χ2n) is 7.27. The molecule has 2 aromatic rings. The Labute approximate surface area is 191 Å². The molecule has 3 heterocycles. The Bertz CT molecular complexity index is 1100. The van der Waals surface area contributed by atoms with Gasteiger partial charge >= 0.3 is 0 Å². The van der Waals surface area contributed by atoms with Gasteiger partial charge in [0.15, 0.2) is 0 Å². The minimum absolute atomic E-state index is 0.277. The second kappa shape index (κ2) is 11.3. The number of allylic oxidation sites excluding steroid dienone is 4. The van der Waals surface area contributed by atoms with E-state index >= 15 is 0 Å². The van der Waals surface area contributed by atoms with Crippen molar-refractivity contribution in [2.24, 2.45) is 5.92 Å². The smallest absolute Gasteiger partial charge is 0.275 e. The van der Waals surface area contributed by atoms with Crippen molar-refractivity contribution in [3.8, 4) is 0 Å². The molecule has 0 saturated heterocycles. The lowest BCUT2D eigenvalue weighted by Crippen LogP contribution is -2.26. The molecule has 2 aliphatic heterocycles. The molecule has 0 spiro atoms. The van der Waals surface area contributed by atoms with Gasteiger partial charge in [0.2, 0.25) is 0 Å². The van der Waals surface area contributed by atoms with Gasteiger partial charge in [-0.05, 0) is 37.5 Å². The second-order valence-corrected chi connectivity index (χ2v) is 7.27. The lowest BCUT2D eigenvalue weighted by molar-refractivity contribution is -0.123. The summed E-state index contributed by atoms with van der Waals surface area (Å²) in [6.07, 6.45) is 8.07. The number of rotatable bonds is 5. The van der Waals surface area contributed by atoms with E-state index in [4.69, 9.17) is 0 Å². The van der Waals surface area contributed by atoms with E-state index in [1.807, 2.05) is 71.0 Å². The number of hydrogen-bond donors (Lipinski definition) is 2. The highest BCUT2D eigenvalue weighted by Gasteiger charge is 2.37. The summed E-state index contributed by atoms with van der Waals surface area (Å²) in [7, 11) is 0. The summed E-state index contributed by atoms with van der Waals surface area (Å²) in [5.41, 5.74) is 4.43. The highest BCUT2D eigenvalue weighted by atomic mass is 16.2. The van der Waals surface area contributed by atoms with Gasteiger partial charge in [0.05, 0.1) is 5.57 Å². The van der Waals surface area contributed by atoms with E-state index in [2.05, 4.69) is 34.8 Å². The number of amides is 2. The number of fused-ring (bicyclic) bond motifs is 3. The maximum absolute atomic E-state index is 12.8. The number of carbonyl (C=O) groups is 2. The molecule has 5 nitrogen and oxygen atoms in total. The van der Waals surface area contributed by atoms with Gasteiger partial charge in [0, 0.05) is 34.4 Å². The van der Waals surface area contributed by atoms with Crippen LogP contribution in [0.4, 0.5) is 0 Å². The maximum Gasteiger partial charge on any atom is 0.275 e. The molecule has 0 radical (unpaired) electrons. The van der Waals surface area contributed by atoms with Crippen LogP contribution in [0.3, 0.4) is 0 Å². The molecule has 4 rings (SSSR count). The van der Waals surface area contributed by atoms with Crippen molar-refractivity contribution in [2.45, 2.75) is 54.5 Å². The molecule has 2 aliphatic rings. The van der Waals surface area contributed by atoms with Crippen LogP contribution in [0.1, 0.15) is 52.8 Å². The molecule has 0 saturated carbocycles. The standard InChI is InChI=1S/C23H23N3O2.2C2H6/c1-4-6-9-15(5-2)24-21-20(22(27)25-23(21)28)19-16-10-7-8-11-17(16)26-13-14(3)12-18(19)26;2*1-2/h4-11,14H,2,12-13H2,1,3H3,(H2,24,25,27,28);2*1-2H3/b6-4-,15-9+;;. The fraction of sp³-hybridized carbons (Fsp3) is 0.333. The summed E-state index contributed by atoms with van der Waals surface area (Å²) in [6.45, 7) is 16.8. The van der Waals surface area contributed by atoms with E-state index in [1.54, 1.807) is 6.08 Å². The monoisotopic (exact) mass is 433 g/mol. The molecular formula is C27H35N3O2. The summed E-state index contributed by atoms with van der Waals surface area (Å²) in [5, 5.41) is 6.57. The quantitative estimate of drug-likeness (QED) is 0.484. The molecule has 0 bridgehead atoms. The van der Waals surface area contributed by atoms with Gasteiger partial charge in [-0.1, -0.05) is 71.5 Å². The van der Waals surface area contributed by atoms with Crippen molar-refractivity contribution in [1.82, 2.24) is 15.2 Å². The molecule has 2 amide bonds. The first kappa shape index (κ1) is 24.9. The Balaban J connectivity index is 0.000000860. The summed E-state index contributed by atoms with van der Waals surface area (Å²) >= 11 is 0. The number of nitrogens with one attached hydrogen (secondary N) is 2. The number of aromatic nitrogens is 1. The van der Waals surface area contributed by atoms with Crippen molar-refractivity contribution in [1.29, 1.82) is 0 Å². The molecule has 0 aliphatic carbocycles. The summed E-state index contributed by atoms with van der Waals surface area (Å²) in [6, 6.07) is 8.06. The summed E-state index contributed by atoms with van der Waals surface area (Å²) in [5.74, 6) is -0.280. The Hall–Kier alpha value is -3.34. The molecule has 32 heavy (non-hydrogen) atoms. The zero-order valence-electron chi connectivity index (χ0n) is 20.1. The number of carbonyl (C=O) groups excluding carboxylic acids is 2. The molecule has 0 fully saturated rings. The molecule has 5 heteroatoms. The van der Waals surface area contributed by atoms with Crippen LogP contribution in [0.25, 0.3) is 16.5 Å². The van der Waals surface area contributed by atoms with E-state index < -0.39 is 5.91 Å². The average molecular weight is 434 g/mol. The van der Waals surface area contributed by atoms with Gasteiger partial charge in [-0.25, -0.2) is 0 Å². The van der Waals surface area contributed by atoms with Gasteiger partial charge < -0.3 is 9.88 Å². The molecule has 170 valence electrons. The predicted molar refractivity (Wildman–Crippen MR) is 134 cm³/mol. The van der Waals surface area contributed by atoms with Crippen LogP contribution in [-0.2, 0) is 22.6 Å². The van der Waals surface area contributed by atoms with E-state index in [0.717, 1.165) is 35.1 Å². The van der Waals surface area contributed by atoms with Gasteiger partial charge in [0.25, 0.3) is 11.8 Å². The first-order valence-corrected chi connectivity index (χ1v) is 11.5. The van der Waals surface area contributed by atoms with Crippen LogP contribution in [0.15, 0.2) is 66.5 Å². The third-order valence-electron chi connectivity index (χ3n) is 5.25. The van der Waals surface area contributed by atoms with E-state index in [0.29, 0.717) is 17.2 Å². The molecule has 1 atom stereocenters. The molecule has 1 aromatic heterocycles. The van der Waals surface area contributed by atoms with Crippen molar-refractivity contribution < 1.29 is 9.59 Å². The minimum Gasteiger partial charge on any atom is -0.350 e. The van der Waals surface area contributed by atoms with Gasteiger partial charge in [0.1, 0.15) is 5.70 Å².